The Kier molecular flexibility index (Phi) is 11.2. The Hall–Kier alpha value is -1.91. The first-order valence-electron chi connectivity index (χ1n) is 11.5. The quantitative estimate of drug-likeness (QED) is 0.324. The van der Waals surface area contributed by atoms with Gasteiger partial charge in [-0.15, -0.1) is 35.4 Å². The number of nitrogens with zero attached hydrogens (tertiary/aromatic N) is 2. The molecular weight excluding hydrogens is 601 g/mol. The van der Waals surface area contributed by atoms with E-state index in [0.717, 1.165) is 22.5 Å². The zero-order valence-corrected chi connectivity index (χ0v) is 24.1. The van der Waals surface area contributed by atoms with E-state index in [4.69, 9.17) is 0 Å². The first-order chi connectivity index (χ1) is 15.3. The second-order valence-corrected chi connectivity index (χ2v) is 10.9. The van der Waals surface area contributed by atoms with Crippen molar-refractivity contribution in [3.63, 3.8) is 0 Å². The third-order valence-electron chi connectivity index (χ3n) is 5.66. The van der Waals surface area contributed by atoms with Gasteiger partial charge in [0.15, 0.2) is 0 Å². The molecule has 3 aromatic rings. The summed E-state index contributed by atoms with van der Waals surface area (Å²) in [5, 5.41) is 19.5. The molecule has 0 amide bonds. The Morgan fingerprint density at radius 1 is 0.794 bits per heavy atom. The molecular formula is C29H39IrN2O2-. The Balaban J connectivity index is 0.000000364. The first-order valence-corrected chi connectivity index (χ1v) is 11.5. The Morgan fingerprint density at radius 3 is 1.88 bits per heavy atom. The van der Waals surface area contributed by atoms with Crippen LogP contribution in [-0.2, 0) is 20.1 Å². The SMILES string of the molecule is CC(C)(C)C(O)CC(O)C(C)(C)C.Cc1cc[c-]c(-c2cc(-c3cccc(C)c3)ncn2)c1.[Ir]. The van der Waals surface area contributed by atoms with Gasteiger partial charge in [0.2, 0.25) is 0 Å². The summed E-state index contributed by atoms with van der Waals surface area (Å²) in [6.45, 7) is 16.0. The third kappa shape index (κ3) is 9.38. The third-order valence-corrected chi connectivity index (χ3v) is 5.66. The van der Waals surface area contributed by atoms with Crippen LogP contribution in [0.15, 0.2) is 54.9 Å². The van der Waals surface area contributed by atoms with Crippen LogP contribution in [0.1, 0.15) is 59.1 Å². The average Bonchev–Trinajstić information content (AvgIpc) is 2.73. The summed E-state index contributed by atoms with van der Waals surface area (Å²) in [7, 11) is 0. The number of aryl methyl sites for hydroxylation is 2. The maximum absolute atomic E-state index is 9.76. The van der Waals surface area contributed by atoms with Gasteiger partial charge in [0.25, 0.3) is 0 Å². The van der Waals surface area contributed by atoms with Crippen LogP contribution in [0.4, 0.5) is 0 Å². The second kappa shape index (κ2) is 12.7. The van der Waals surface area contributed by atoms with E-state index in [2.05, 4.69) is 54.1 Å². The van der Waals surface area contributed by atoms with Crippen LogP contribution >= 0.6 is 0 Å². The molecule has 2 aromatic carbocycles. The van der Waals surface area contributed by atoms with Crippen LogP contribution < -0.4 is 0 Å². The second-order valence-electron chi connectivity index (χ2n) is 10.9. The molecule has 0 aliphatic carbocycles. The van der Waals surface area contributed by atoms with Gasteiger partial charge in [0.05, 0.1) is 17.9 Å². The van der Waals surface area contributed by atoms with Gasteiger partial charge in [-0.05, 0) is 35.1 Å². The molecule has 0 fully saturated rings. The minimum Gasteiger partial charge on any atom is -0.392 e. The fourth-order valence-electron chi connectivity index (χ4n) is 3.11. The van der Waals surface area contributed by atoms with Crippen LogP contribution in [0.2, 0.25) is 0 Å². The molecule has 0 spiro atoms. The molecule has 0 bridgehead atoms. The topological polar surface area (TPSA) is 66.2 Å². The van der Waals surface area contributed by atoms with E-state index in [-0.39, 0.29) is 30.9 Å². The van der Waals surface area contributed by atoms with Gasteiger partial charge in [-0.1, -0.05) is 78.3 Å². The minimum absolute atomic E-state index is 0. The van der Waals surface area contributed by atoms with Gasteiger partial charge < -0.3 is 10.2 Å². The maximum atomic E-state index is 9.76. The van der Waals surface area contributed by atoms with Crippen molar-refractivity contribution < 1.29 is 30.3 Å². The molecule has 0 saturated carbocycles. The summed E-state index contributed by atoms with van der Waals surface area (Å²) in [5.41, 5.74) is 6.09. The first kappa shape index (κ1) is 30.1. The van der Waals surface area contributed by atoms with Crippen LogP contribution in [0.25, 0.3) is 22.5 Å². The smallest absolute Gasteiger partial charge is 0.106 e. The number of rotatable bonds is 4. The standard InChI is InChI=1S/C18H15N2.C11H24O2.Ir/c1-13-5-3-7-15(9-13)17-11-18(20-12-19-17)16-8-4-6-14(2)10-16;1-10(2,3)8(12)7-9(13)11(4,5)6;/h3-7,9-12H,1-2H3;8-9,12-13H,7H2,1-6H3;/q-1;;. The molecule has 34 heavy (non-hydrogen) atoms. The summed E-state index contributed by atoms with van der Waals surface area (Å²) < 4.78 is 0. The Labute approximate surface area is 219 Å². The number of aliphatic hydroxyl groups is 2. The van der Waals surface area contributed by atoms with Crippen molar-refractivity contribution in [3.8, 4) is 22.5 Å². The van der Waals surface area contributed by atoms with Crippen molar-refractivity contribution in [3.05, 3.63) is 72.1 Å². The predicted octanol–water partition coefficient (Wildman–Crippen LogP) is 6.42. The Bertz CT molecular complexity index is 960. The monoisotopic (exact) mass is 640 g/mol. The van der Waals surface area contributed by atoms with Gasteiger partial charge in [-0.25, -0.2) is 4.98 Å². The summed E-state index contributed by atoms with van der Waals surface area (Å²) in [6, 6.07) is 19.6. The molecule has 5 heteroatoms. The molecule has 0 aliphatic heterocycles. The molecule has 0 saturated heterocycles. The van der Waals surface area contributed by atoms with E-state index in [9.17, 15) is 10.2 Å². The van der Waals surface area contributed by atoms with E-state index in [0.29, 0.717) is 6.42 Å². The molecule has 4 nitrogen and oxygen atoms in total. The molecule has 1 radical (unpaired) electrons. The minimum atomic E-state index is -0.443. The predicted molar refractivity (Wildman–Crippen MR) is 137 cm³/mol. The summed E-state index contributed by atoms with van der Waals surface area (Å²) >= 11 is 0. The fourth-order valence-corrected chi connectivity index (χ4v) is 3.11. The molecule has 187 valence electrons. The summed E-state index contributed by atoms with van der Waals surface area (Å²) in [5.74, 6) is 0. The van der Waals surface area contributed by atoms with E-state index < -0.39 is 12.2 Å². The normalized spacial score (nSPS) is 13.2. The van der Waals surface area contributed by atoms with Crippen LogP contribution in [0, 0.1) is 30.7 Å². The van der Waals surface area contributed by atoms with Crippen LogP contribution in [-0.4, -0.2) is 32.4 Å². The molecule has 1 heterocycles. The molecule has 2 atom stereocenters. The van der Waals surface area contributed by atoms with Crippen molar-refractivity contribution in [2.75, 3.05) is 0 Å². The number of aromatic nitrogens is 2. The Morgan fingerprint density at radius 2 is 1.35 bits per heavy atom. The number of hydrogen-bond donors (Lipinski definition) is 2. The van der Waals surface area contributed by atoms with Crippen LogP contribution in [0.3, 0.4) is 0 Å². The van der Waals surface area contributed by atoms with E-state index in [1.165, 1.54) is 11.1 Å². The van der Waals surface area contributed by atoms with Gasteiger partial charge in [0, 0.05) is 26.5 Å². The number of benzene rings is 2. The molecule has 1 aromatic heterocycles. The fraction of sp³-hybridized carbons (Fsp3) is 0.448. The molecule has 3 rings (SSSR count). The van der Waals surface area contributed by atoms with Crippen molar-refractivity contribution >= 4 is 0 Å². The van der Waals surface area contributed by atoms with E-state index >= 15 is 0 Å². The molecule has 2 N–H and O–H groups in total. The van der Waals surface area contributed by atoms with E-state index in [1.54, 1.807) is 6.33 Å². The zero-order chi connectivity index (χ0) is 24.8. The molecule has 0 aliphatic rings. The zero-order valence-electron chi connectivity index (χ0n) is 21.7. The van der Waals surface area contributed by atoms with Crippen molar-refractivity contribution in [1.29, 1.82) is 0 Å². The van der Waals surface area contributed by atoms with Gasteiger partial charge in [0.1, 0.15) is 6.33 Å². The number of aliphatic hydroxyl groups excluding tert-OH is 2. The maximum Gasteiger partial charge on any atom is 0.106 e. The van der Waals surface area contributed by atoms with Gasteiger partial charge in [-0.2, -0.15) is 0 Å². The molecule has 2 unspecified atom stereocenters. The van der Waals surface area contributed by atoms with Gasteiger partial charge >= 0.3 is 0 Å². The average molecular weight is 640 g/mol. The van der Waals surface area contributed by atoms with Crippen molar-refractivity contribution in [2.45, 2.75) is 74.0 Å². The largest absolute Gasteiger partial charge is 0.392 e. The summed E-state index contributed by atoms with van der Waals surface area (Å²) in [4.78, 5) is 8.73. The summed E-state index contributed by atoms with van der Waals surface area (Å²) in [6.07, 6.45) is 1.18. The number of hydrogen-bond acceptors (Lipinski definition) is 4. The van der Waals surface area contributed by atoms with Crippen molar-refractivity contribution in [1.82, 2.24) is 9.97 Å². The van der Waals surface area contributed by atoms with Crippen molar-refractivity contribution in [2.24, 2.45) is 10.8 Å². The van der Waals surface area contributed by atoms with E-state index in [1.807, 2.05) is 65.8 Å². The van der Waals surface area contributed by atoms with Crippen LogP contribution in [0.5, 0.6) is 0 Å². The van der Waals surface area contributed by atoms with Gasteiger partial charge in [-0.3, -0.25) is 4.98 Å².